The molecule has 22 heavy (non-hydrogen) atoms. The standard InChI is InChI=1S/C12H15FN2O6S/c1-2-3-4-10(12(16)17)14-22(20,21)11-6-5-8(15(18)19)7-9(11)13/h5-7,10,14H,2-4H2,1H3,(H,16,17). The third-order valence-electron chi connectivity index (χ3n) is 2.86. The normalized spacial score (nSPS) is 12.8. The zero-order valence-electron chi connectivity index (χ0n) is 11.7. The molecule has 0 spiro atoms. The van der Waals surface area contributed by atoms with Crippen LogP contribution in [0.5, 0.6) is 0 Å². The number of sulfonamides is 1. The van der Waals surface area contributed by atoms with E-state index in [2.05, 4.69) is 0 Å². The number of benzene rings is 1. The second kappa shape index (κ2) is 7.27. The molecule has 0 amide bonds. The average Bonchev–Trinajstić information content (AvgIpc) is 2.42. The van der Waals surface area contributed by atoms with Gasteiger partial charge in [0, 0.05) is 6.07 Å². The van der Waals surface area contributed by atoms with Gasteiger partial charge < -0.3 is 5.11 Å². The molecule has 0 aromatic heterocycles. The van der Waals surface area contributed by atoms with Gasteiger partial charge in [0.2, 0.25) is 10.0 Å². The summed E-state index contributed by atoms with van der Waals surface area (Å²) in [5.74, 6) is -2.69. The molecule has 0 fully saturated rings. The molecule has 8 nitrogen and oxygen atoms in total. The fraction of sp³-hybridized carbons (Fsp3) is 0.417. The summed E-state index contributed by atoms with van der Waals surface area (Å²) in [5, 5.41) is 19.5. The Labute approximate surface area is 126 Å². The SMILES string of the molecule is CCCCC(NS(=O)(=O)c1ccc([N+](=O)[O-])cc1F)C(=O)O. The molecule has 0 radical (unpaired) electrons. The van der Waals surface area contributed by atoms with Crippen LogP contribution in [0.25, 0.3) is 0 Å². The zero-order valence-corrected chi connectivity index (χ0v) is 12.5. The number of nitrogens with zero attached hydrogens (tertiary/aromatic N) is 1. The Morgan fingerprint density at radius 2 is 2.14 bits per heavy atom. The van der Waals surface area contributed by atoms with Crippen molar-refractivity contribution in [1.82, 2.24) is 4.72 Å². The highest BCUT2D eigenvalue weighted by Gasteiger charge is 2.28. The van der Waals surface area contributed by atoms with Crippen LogP contribution in [0.1, 0.15) is 26.2 Å². The molecule has 0 bridgehead atoms. The van der Waals surface area contributed by atoms with Crippen LogP contribution in [0.2, 0.25) is 0 Å². The van der Waals surface area contributed by atoms with Gasteiger partial charge in [-0.05, 0) is 12.5 Å². The maximum absolute atomic E-state index is 13.7. The summed E-state index contributed by atoms with van der Waals surface area (Å²) in [6, 6.07) is 0.643. The number of non-ortho nitro benzene ring substituents is 1. The van der Waals surface area contributed by atoms with Gasteiger partial charge >= 0.3 is 5.97 Å². The minimum absolute atomic E-state index is 0.0552. The van der Waals surface area contributed by atoms with Gasteiger partial charge in [0.15, 0.2) is 0 Å². The molecule has 1 aromatic carbocycles. The Bertz CT molecular complexity index is 676. The van der Waals surface area contributed by atoms with Crippen LogP contribution in [-0.4, -0.2) is 30.5 Å². The zero-order chi connectivity index (χ0) is 16.9. The minimum atomic E-state index is -4.44. The summed E-state index contributed by atoms with van der Waals surface area (Å²) in [5.41, 5.74) is -0.600. The summed E-state index contributed by atoms with van der Waals surface area (Å²) >= 11 is 0. The van der Waals surface area contributed by atoms with Gasteiger partial charge in [-0.15, -0.1) is 0 Å². The van der Waals surface area contributed by atoms with Crippen LogP contribution in [0.3, 0.4) is 0 Å². The highest BCUT2D eigenvalue weighted by Crippen LogP contribution is 2.21. The van der Waals surface area contributed by atoms with E-state index in [4.69, 9.17) is 5.11 Å². The van der Waals surface area contributed by atoms with Gasteiger partial charge in [-0.1, -0.05) is 19.8 Å². The second-order valence-electron chi connectivity index (χ2n) is 4.53. The molecule has 0 heterocycles. The third kappa shape index (κ3) is 4.46. The maximum atomic E-state index is 13.7. The maximum Gasteiger partial charge on any atom is 0.321 e. The van der Waals surface area contributed by atoms with Crippen LogP contribution in [0, 0.1) is 15.9 Å². The number of nitrogens with one attached hydrogen (secondary N) is 1. The summed E-state index contributed by atoms with van der Waals surface area (Å²) < 4.78 is 39.7. The van der Waals surface area contributed by atoms with E-state index in [0.717, 1.165) is 12.1 Å². The largest absolute Gasteiger partial charge is 0.480 e. The van der Waals surface area contributed by atoms with Gasteiger partial charge in [-0.25, -0.2) is 12.8 Å². The minimum Gasteiger partial charge on any atom is -0.480 e. The van der Waals surface area contributed by atoms with E-state index < -0.39 is 43.4 Å². The Kier molecular flexibility index (Phi) is 5.94. The van der Waals surface area contributed by atoms with Crippen molar-refractivity contribution in [2.24, 2.45) is 0 Å². The fourth-order valence-corrected chi connectivity index (χ4v) is 3.00. The molecular weight excluding hydrogens is 319 g/mol. The summed E-state index contributed by atoms with van der Waals surface area (Å²) in [6.45, 7) is 1.81. The van der Waals surface area contributed by atoms with E-state index in [1.54, 1.807) is 0 Å². The molecule has 0 saturated heterocycles. The Balaban J connectivity index is 3.07. The first kappa shape index (κ1) is 18.0. The van der Waals surface area contributed by atoms with E-state index >= 15 is 0 Å². The molecule has 1 unspecified atom stereocenters. The number of carboxylic acid groups (broad SMARTS) is 1. The summed E-state index contributed by atoms with van der Waals surface area (Å²) in [6.07, 6.45) is 1.19. The number of nitro groups is 1. The second-order valence-corrected chi connectivity index (χ2v) is 6.21. The van der Waals surface area contributed by atoms with E-state index in [9.17, 15) is 27.7 Å². The van der Waals surface area contributed by atoms with Gasteiger partial charge in [0.1, 0.15) is 16.8 Å². The van der Waals surface area contributed by atoms with Gasteiger partial charge in [0.05, 0.1) is 11.0 Å². The van der Waals surface area contributed by atoms with Gasteiger partial charge in [-0.3, -0.25) is 14.9 Å². The number of carbonyl (C=O) groups is 1. The summed E-state index contributed by atoms with van der Waals surface area (Å²) in [4.78, 5) is 19.8. The Morgan fingerprint density at radius 1 is 1.50 bits per heavy atom. The molecule has 1 aromatic rings. The van der Waals surface area contributed by atoms with Crippen LogP contribution in [-0.2, 0) is 14.8 Å². The van der Waals surface area contributed by atoms with Crippen LogP contribution in [0.4, 0.5) is 10.1 Å². The lowest BCUT2D eigenvalue weighted by atomic mass is 10.1. The first-order valence-electron chi connectivity index (χ1n) is 6.38. The van der Waals surface area contributed by atoms with Crippen molar-refractivity contribution >= 4 is 21.7 Å². The Morgan fingerprint density at radius 3 is 2.59 bits per heavy atom. The lowest BCUT2D eigenvalue weighted by Crippen LogP contribution is -2.40. The molecular formula is C12H15FN2O6S. The molecule has 0 saturated carbocycles. The van der Waals surface area contributed by atoms with E-state index in [-0.39, 0.29) is 6.42 Å². The Hall–Kier alpha value is -2.07. The highest BCUT2D eigenvalue weighted by atomic mass is 32.2. The van der Waals surface area contributed by atoms with Gasteiger partial charge in [0.25, 0.3) is 5.69 Å². The molecule has 10 heteroatoms. The number of hydrogen-bond acceptors (Lipinski definition) is 5. The van der Waals surface area contributed by atoms with Crippen molar-refractivity contribution in [2.75, 3.05) is 0 Å². The molecule has 122 valence electrons. The van der Waals surface area contributed by atoms with E-state index in [1.165, 1.54) is 0 Å². The molecule has 1 atom stereocenters. The van der Waals surface area contributed by atoms with Crippen molar-refractivity contribution in [3.63, 3.8) is 0 Å². The van der Waals surface area contributed by atoms with Crippen LogP contribution >= 0.6 is 0 Å². The monoisotopic (exact) mass is 334 g/mol. The predicted octanol–water partition coefficient (Wildman–Crippen LogP) is 1.66. The highest BCUT2D eigenvalue weighted by molar-refractivity contribution is 7.89. The smallest absolute Gasteiger partial charge is 0.321 e. The number of halogens is 1. The molecule has 2 N–H and O–H groups in total. The van der Waals surface area contributed by atoms with Crippen molar-refractivity contribution in [3.05, 3.63) is 34.1 Å². The van der Waals surface area contributed by atoms with Crippen LogP contribution < -0.4 is 4.72 Å². The van der Waals surface area contributed by atoms with Crippen molar-refractivity contribution in [2.45, 2.75) is 37.1 Å². The third-order valence-corrected chi connectivity index (χ3v) is 4.36. The molecule has 1 rings (SSSR count). The van der Waals surface area contributed by atoms with E-state index in [0.29, 0.717) is 18.9 Å². The lowest BCUT2D eigenvalue weighted by molar-refractivity contribution is -0.385. The van der Waals surface area contributed by atoms with Gasteiger partial charge in [-0.2, -0.15) is 4.72 Å². The number of unbranched alkanes of at least 4 members (excludes halogenated alkanes) is 1. The first-order chi connectivity index (χ1) is 10.2. The van der Waals surface area contributed by atoms with Crippen LogP contribution in [0.15, 0.2) is 23.1 Å². The quantitative estimate of drug-likeness (QED) is 0.550. The van der Waals surface area contributed by atoms with Crippen molar-refractivity contribution in [3.8, 4) is 0 Å². The number of nitro benzene ring substituents is 1. The number of rotatable bonds is 8. The number of carboxylic acids is 1. The number of hydrogen-bond donors (Lipinski definition) is 2. The summed E-state index contributed by atoms with van der Waals surface area (Å²) in [7, 11) is -4.44. The topological polar surface area (TPSA) is 127 Å². The van der Waals surface area contributed by atoms with Crippen molar-refractivity contribution in [1.29, 1.82) is 0 Å². The predicted molar refractivity (Wildman–Crippen MR) is 74.3 cm³/mol. The molecule has 0 aliphatic heterocycles. The lowest BCUT2D eigenvalue weighted by Gasteiger charge is -2.14. The first-order valence-corrected chi connectivity index (χ1v) is 7.86. The molecule has 0 aliphatic carbocycles. The fourth-order valence-electron chi connectivity index (χ4n) is 1.71. The van der Waals surface area contributed by atoms with Crippen molar-refractivity contribution < 1.29 is 27.6 Å². The van der Waals surface area contributed by atoms with E-state index in [1.807, 2.05) is 11.6 Å². The molecule has 0 aliphatic rings. The average molecular weight is 334 g/mol. The number of aliphatic carboxylic acids is 1.